The third-order valence-corrected chi connectivity index (χ3v) is 6.60. The van der Waals surface area contributed by atoms with Gasteiger partial charge in [0.05, 0.1) is 22.3 Å². The van der Waals surface area contributed by atoms with E-state index in [0.717, 1.165) is 37.4 Å². The van der Waals surface area contributed by atoms with Crippen molar-refractivity contribution < 1.29 is 4.79 Å². The summed E-state index contributed by atoms with van der Waals surface area (Å²) in [6.45, 7) is 4.65. The molecule has 5 heteroatoms. The molecular formula is C25H21N3OS. The average molecular weight is 412 g/mol. The lowest BCUT2D eigenvalue weighted by molar-refractivity contribution is 0.0986. The standard InChI is InChI=1S/C25H21N3OS/c1-16-12-13-22-23(17(16)2)27-25(30-22)28(15-18-8-4-3-5-9-18)24(29)20-14-26-21-11-7-6-10-19(20)21/h3-14,26H,15H2,1-2H3. The fraction of sp³-hybridized carbons (Fsp3) is 0.120. The SMILES string of the molecule is Cc1ccc2sc(N(Cc3ccccc3)C(=O)c3c[nH]c4ccccc34)nc2c1C. The van der Waals surface area contributed by atoms with Crippen LogP contribution in [0.3, 0.4) is 0 Å². The molecule has 0 spiro atoms. The predicted molar refractivity (Wildman–Crippen MR) is 124 cm³/mol. The minimum absolute atomic E-state index is 0.0512. The van der Waals surface area contributed by atoms with Crippen molar-refractivity contribution in [1.82, 2.24) is 9.97 Å². The number of hydrogen-bond acceptors (Lipinski definition) is 3. The topological polar surface area (TPSA) is 49.0 Å². The second-order valence-corrected chi connectivity index (χ2v) is 8.48. The van der Waals surface area contributed by atoms with E-state index in [2.05, 4.69) is 31.0 Å². The van der Waals surface area contributed by atoms with Gasteiger partial charge in [0.25, 0.3) is 5.91 Å². The van der Waals surface area contributed by atoms with Gasteiger partial charge in [0.15, 0.2) is 5.13 Å². The van der Waals surface area contributed by atoms with Gasteiger partial charge in [0.2, 0.25) is 0 Å². The summed E-state index contributed by atoms with van der Waals surface area (Å²) in [5.74, 6) is -0.0512. The Hall–Kier alpha value is -3.44. The normalized spacial score (nSPS) is 11.3. The summed E-state index contributed by atoms with van der Waals surface area (Å²) in [5, 5.41) is 1.64. The number of para-hydroxylation sites is 1. The molecule has 0 unspecified atom stereocenters. The number of H-pyrrole nitrogens is 1. The van der Waals surface area contributed by atoms with Crippen molar-refractivity contribution in [2.75, 3.05) is 4.90 Å². The predicted octanol–water partition coefficient (Wildman–Crippen LogP) is 6.24. The first-order valence-electron chi connectivity index (χ1n) is 9.90. The molecule has 0 saturated carbocycles. The van der Waals surface area contributed by atoms with E-state index in [9.17, 15) is 4.79 Å². The highest BCUT2D eigenvalue weighted by Crippen LogP contribution is 2.34. The molecule has 0 aliphatic heterocycles. The van der Waals surface area contributed by atoms with Crippen molar-refractivity contribution in [3.05, 3.63) is 95.2 Å². The monoisotopic (exact) mass is 411 g/mol. The minimum Gasteiger partial charge on any atom is -0.360 e. The van der Waals surface area contributed by atoms with Crippen molar-refractivity contribution in [3.63, 3.8) is 0 Å². The number of nitrogens with one attached hydrogen (secondary N) is 1. The number of amides is 1. The zero-order chi connectivity index (χ0) is 20.7. The lowest BCUT2D eigenvalue weighted by Gasteiger charge is -2.20. The maximum absolute atomic E-state index is 13.7. The van der Waals surface area contributed by atoms with Gasteiger partial charge >= 0.3 is 0 Å². The first-order valence-corrected chi connectivity index (χ1v) is 10.7. The van der Waals surface area contributed by atoms with Crippen LogP contribution in [0.15, 0.2) is 72.9 Å². The molecule has 3 aromatic carbocycles. The molecule has 0 radical (unpaired) electrons. The summed E-state index contributed by atoms with van der Waals surface area (Å²) in [6.07, 6.45) is 1.80. The molecule has 0 bridgehead atoms. The Morgan fingerprint density at radius 1 is 1.00 bits per heavy atom. The number of carbonyl (C=O) groups excluding carboxylic acids is 1. The molecule has 1 N–H and O–H groups in total. The highest BCUT2D eigenvalue weighted by Gasteiger charge is 2.24. The van der Waals surface area contributed by atoms with Crippen LogP contribution >= 0.6 is 11.3 Å². The van der Waals surface area contributed by atoms with E-state index in [0.29, 0.717) is 12.1 Å². The molecule has 0 atom stereocenters. The third-order valence-electron chi connectivity index (χ3n) is 5.55. The van der Waals surface area contributed by atoms with Crippen LogP contribution in [0, 0.1) is 13.8 Å². The van der Waals surface area contributed by atoms with Crippen LogP contribution < -0.4 is 4.90 Å². The summed E-state index contributed by atoms with van der Waals surface area (Å²) in [5.41, 5.74) is 6.02. The van der Waals surface area contributed by atoms with Crippen molar-refractivity contribution in [2.24, 2.45) is 0 Å². The zero-order valence-corrected chi connectivity index (χ0v) is 17.7. The van der Waals surface area contributed by atoms with Gasteiger partial charge in [-0.2, -0.15) is 0 Å². The lowest BCUT2D eigenvalue weighted by Crippen LogP contribution is -2.30. The van der Waals surface area contributed by atoms with Gasteiger partial charge in [0, 0.05) is 17.1 Å². The van der Waals surface area contributed by atoms with Crippen molar-refractivity contribution >= 4 is 43.5 Å². The van der Waals surface area contributed by atoms with Crippen LogP contribution in [-0.2, 0) is 6.54 Å². The Balaban J connectivity index is 1.64. The highest BCUT2D eigenvalue weighted by atomic mass is 32.1. The van der Waals surface area contributed by atoms with E-state index < -0.39 is 0 Å². The number of aromatic nitrogens is 2. The summed E-state index contributed by atoms with van der Waals surface area (Å²) in [4.78, 5) is 23.6. The van der Waals surface area contributed by atoms with Crippen LogP contribution in [0.5, 0.6) is 0 Å². The summed E-state index contributed by atoms with van der Waals surface area (Å²) < 4.78 is 1.10. The van der Waals surface area contributed by atoms with Gasteiger partial charge in [-0.05, 0) is 42.7 Å². The van der Waals surface area contributed by atoms with Crippen LogP contribution in [-0.4, -0.2) is 15.9 Å². The average Bonchev–Trinajstić information content (AvgIpc) is 3.40. The Morgan fingerprint density at radius 3 is 2.60 bits per heavy atom. The maximum atomic E-state index is 13.7. The van der Waals surface area contributed by atoms with Gasteiger partial charge in [-0.15, -0.1) is 0 Å². The number of rotatable bonds is 4. The lowest BCUT2D eigenvalue weighted by atomic mass is 10.1. The van der Waals surface area contributed by atoms with Gasteiger partial charge < -0.3 is 4.98 Å². The molecule has 2 heterocycles. The maximum Gasteiger partial charge on any atom is 0.262 e. The molecule has 0 aliphatic carbocycles. The number of fused-ring (bicyclic) bond motifs is 2. The van der Waals surface area contributed by atoms with Crippen molar-refractivity contribution in [1.29, 1.82) is 0 Å². The number of hydrogen-bond donors (Lipinski definition) is 1. The van der Waals surface area contributed by atoms with E-state index in [1.54, 1.807) is 22.4 Å². The number of aromatic amines is 1. The third kappa shape index (κ3) is 3.17. The van der Waals surface area contributed by atoms with Crippen LogP contribution in [0.2, 0.25) is 0 Å². The van der Waals surface area contributed by atoms with Crippen LogP contribution in [0.25, 0.3) is 21.1 Å². The Morgan fingerprint density at radius 2 is 1.77 bits per heavy atom. The number of carbonyl (C=O) groups is 1. The number of thiazole rings is 1. The number of nitrogens with zero attached hydrogens (tertiary/aromatic N) is 2. The van der Waals surface area contributed by atoms with Gasteiger partial charge in [0.1, 0.15) is 0 Å². The van der Waals surface area contributed by atoms with Crippen molar-refractivity contribution in [2.45, 2.75) is 20.4 Å². The van der Waals surface area contributed by atoms with Crippen LogP contribution in [0.1, 0.15) is 27.0 Å². The van der Waals surface area contributed by atoms with Crippen molar-refractivity contribution in [3.8, 4) is 0 Å². The van der Waals surface area contributed by atoms with E-state index in [1.807, 2.05) is 54.6 Å². The first kappa shape index (κ1) is 18.6. The Labute approximate surface area is 178 Å². The highest BCUT2D eigenvalue weighted by molar-refractivity contribution is 7.22. The van der Waals surface area contributed by atoms with E-state index in [1.165, 1.54) is 5.56 Å². The molecule has 0 aliphatic rings. The minimum atomic E-state index is -0.0512. The Bertz CT molecular complexity index is 1370. The van der Waals surface area contributed by atoms with E-state index in [-0.39, 0.29) is 5.91 Å². The fourth-order valence-corrected chi connectivity index (χ4v) is 4.74. The second kappa shape index (κ2) is 7.43. The van der Waals surface area contributed by atoms with Gasteiger partial charge in [-0.3, -0.25) is 9.69 Å². The van der Waals surface area contributed by atoms with Crippen LogP contribution in [0.4, 0.5) is 5.13 Å². The van der Waals surface area contributed by atoms with E-state index in [4.69, 9.17) is 4.98 Å². The molecule has 148 valence electrons. The molecule has 5 aromatic rings. The molecule has 1 amide bonds. The summed E-state index contributed by atoms with van der Waals surface area (Å²) in [7, 11) is 0. The first-order chi connectivity index (χ1) is 14.6. The molecule has 2 aromatic heterocycles. The molecule has 4 nitrogen and oxygen atoms in total. The fourth-order valence-electron chi connectivity index (χ4n) is 3.72. The molecule has 0 saturated heterocycles. The summed E-state index contributed by atoms with van der Waals surface area (Å²) >= 11 is 1.56. The largest absolute Gasteiger partial charge is 0.360 e. The number of benzene rings is 3. The smallest absolute Gasteiger partial charge is 0.262 e. The number of aryl methyl sites for hydroxylation is 2. The molecular weight excluding hydrogens is 390 g/mol. The zero-order valence-electron chi connectivity index (χ0n) is 16.8. The number of anilines is 1. The Kier molecular flexibility index (Phi) is 4.60. The van der Waals surface area contributed by atoms with Gasteiger partial charge in [-0.1, -0.05) is 65.9 Å². The second-order valence-electron chi connectivity index (χ2n) is 7.48. The summed E-state index contributed by atoms with van der Waals surface area (Å²) in [6, 6.07) is 22.1. The molecule has 0 fully saturated rings. The quantitative estimate of drug-likeness (QED) is 0.380. The van der Waals surface area contributed by atoms with Gasteiger partial charge in [-0.25, -0.2) is 4.98 Å². The molecule has 30 heavy (non-hydrogen) atoms. The molecule has 5 rings (SSSR count). The van der Waals surface area contributed by atoms with E-state index >= 15 is 0 Å².